The monoisotopic (exact) mass is 397 g/mol. The van der Waals surface area contributed by atoms with Crippen molar-refractivity contribution in [1.29, 1.82) is 0 Å². The van der Waals surface area contributed by atoms with E-state index < -0.39 is 38.4 Å². The minimum atomic E-state index is -3.54. The van der Waals surface area contributed by atoms with Crippen molar-refractivity contribution in [2.24, 2.45) is 5.92 Å². The standard InChI is InChI=1S/C20H31NO5S/c1-5-6-12-17(19(23)24)21-18(22)16(13-15-10-8-7-9-11-15)14-27(25,26)20(2,3)4/h7-11,16-17H,5-6,12-14H2,1-4H3,(H,21,22)(H,23,24)/t16-,17+/m1/s1. The number of nitrogens with one attached hydrogen (secondary N) is 1. The maximum atomic E-state index is 12.8. The SMILES string of the molecule is CCCC[C@H](NC(=O)[C@H](Cc1ccccc1)CS(=O)(=O)C(C)(C)C)C(=O)O. The normalized spacial score (nSPS) is 14.4. The van der Waals surface area contributed by atoms with E-state index in [0.717, 1.165) is 12.0 Å². The first-order chi connectivity index (χ1) is 12.5. The van der Waals surface area contributed by atoms with Crippen molar-refractivity contribution in [3.05, 3.63) is 35.9 Å². The average Bonchev–Trinajstić information content (AvgIpc) is 2.57. The summed E-state index contributed by atoms with van der Waals surface area (Å²) >= 11 is 0. The van der Waals surface area contributed by atoms with Crippen LogP contribution in [0.2, 0.25) is 0 Å². The van der Waals surface area contributed by atoms with Gasteiger partial charge in [-0.2, -0.15) is 0 Å². The molecule has 0 aliphatic rings. The van der Waals surface area contributed by atoms with Crippen molar-refractivity contribution < 1.29 is 23.1 Å². The number of unbranched alkanes of at least 4 members (excludes halogenated alkanes) is 1. The summed E-state index contributed by atoms with van der Waals surface area (Å²) in [6, 6.07) is 8.14. The van der Waals surface area contributed by atoms with E-state index in [4.69, 9.17) is 0 Å². The molecule has 1 rings (SSSR count). The molecule has 27 heavy (non-hydrogen) atoms. The van der Waals surface area contributed by atoms with E-state index >= 15 is 0 Å². The summed E-state index contributed by atoms with van der Waals surface area (Å²) in [5.41, 5.74) is 0.835. The zero-order chi connectivity index (χ0) is 20.7. The highest BCUT2D eigenvalue weighted by Gasteiger charge is 2.35. The topological polar surface area (TPSA) is 101 Å². The van der Waals surface area contributed by atoms with Gasteiger partial charge >= 0.3 is 5.97 Å². The Labute approximate surface area is 162 Å². The predicted molar refractivity (Wildman–Crippen MR) is 106 cm³/mol. The highest BCUT2D eigenvalue weighted by Crippen LogP contribution is 2.21. The van der Waals surface area contributed by atoms with Crippen molar-refractivity contribution in [2.75, 3.05) is 5.75 Å². The molecule has 152 valence electrons. The molecule has 7 heteroatoms. The van der Waals surface area contributed by atoms with Crippen LogP contribution < -0.4 is 5.32 Å². The van der Waals surface area contributed by atoms with Crippen LogP contribution in [0.3, 0.4) is 0 Å². The van der Waals surface area contributed by atoms with Crippen LogP contribution in [-0.2, 0) is 25.8 Å². The molecule has 0 saturated heterocycles. The van der Waals surface area contributed by atoms with Gasteiger partial charge in [-0.25, -0.2) is 13.2 Å². The lowest BCUT2D eigenvalue weighted by Gasteiger charge is -2.25. The number of amides is 1. The molecule has 0 spiro atoms. The number of hydrogen-bond acceptors (Lipinski definition) is 4. The Morgan fingerprint density at radius 3 is 2.22 bits per heavy atom. The van der Waals surface area contributed by atoms with Crippen LogP contribution in [0.1, 0.15) is 52.5 Å². The van der Waals surface area contributed by atoms with Crippen molar-refractivity contribution in [3.8, 4) is 0 Å². The average molecular weight is 398 g/mol. The van der Waals surface area contributed by atoms with Crippen LogP contribution in [0, 0.1) is 5.92 Å². The van der Waals surface area contributed by atoms with Gasteiger partial charge in [-0.3, -0.25) is 4.79 Å². The third kappa shape index (κ3) is 7.33. The van der Waals surface area contributed by atoms with Gasteiger partial charge in [0.15, 0.2) is 9.84 Å². The van der Waals surface area contributed by atoms with E-state index in [1.54, 1.807) is 20.8 Å². The van der Waals surface area contributed by atoms with Crippen LogP contribution in [0.15, 0.2) is 30.3 Å². The minimum Gasteiger partial charge on any atom is -0.480 e. The summed E-state index contributed by atoms with van der Waals surface area (Å²) in [4.78, 5) is 24.2. The third-order valence-electron chi connectivity index (χ3n) is 4.51. The molecule has 1 aromatic carbocycles. The summed E-state index contributed by atoms with van der Waals surface area (Å²) in [5, 5.41) is 11.9. The van der Waals surface area contributed by atoms with Gasteiger partial charge in [-0.05, 0) is 39.2 Å². The van der Waals surface area contributed by atoms with Gasteiger partial charge in [0.1, 0.15) is 6.04 Å². The van der Waals surface area contributed by atoms with Gasteiger partial charge < -0.3 is 10.4 Å². The van der Waals surface area contributed by atoms with Crippen molar-refractivity contribution >= 4 is 21.7 Å². The highest BCUT2D eigenvalue weighted by molar-refractivity contribution is 7.92. The molecule has 0 saturated carbocycles. The molecular formula is C20H31NO5S. The molecule has 1 amide bonds. The molecule has 0 aliphatic carbocycles. The van der Waals surface area contributed by atoms with E-state index in [1.807, 2.05) is 37.3 Å². The predicted octanol–water partition coefficient (Wildman–Crippen LogP) is 2.82. The first-order valence-electron chi connectivity index (χ1n) is 9.27. The number of aliphatic carboxylic acids is 1. The molecular weight excluding hydrogens is 366 g/mol. The van der Waals surface area contributed by atoms with Crippen LogP contribution in [-0.4, -0.2) is 41.9 Å². The molecule has 0 bridgehead atoms. The van der Waals surface area contributed by atoms with E-state index in [1.165, 1.54) is 0 Å². The molecule has 2 N–H and O–H groups in total. The third-order valence-corrected chi connectivity index (χ3v) is 7.22. The summed E-state index contributed by atoms with van der Waals surface area (Å²) in [7, 11) is -3.54. The molecule has 0 aliphatic heterocycles. The van der Waals surface area contributed by atoms with Gasteiger partial charge in [-0.15, -0.1) is 0 Å². The molecule has 0 unspecified atom stereocenters. The largest absolute Gasteiger partial charge is 0.480 e. The lowest BCUT2D eigenvalue weighted by Crippen LogP contribution is -2.47. The number of carbonyl (C=O) groups is 2. The summed E-state index contributed by atoms with van der Waals surface area (Å²) in [6.45, 7) is 6.73. The Bertz CT molecular complexity index is 722. The lowest BCUT2D eigenvalue weighted by atomic mass is 9.99. The number of rotatable bonds is 10. The van der Waals surface area contributed by atoms with Gasteiger partial charge in [-0.1, -0.05) is 50.1 Å². The van der Waals surface area contributed by atoms with E-state index in [2.05, 4.69) is 5.32 Å². The maximum Gasteiger partial charge on any atom is 0.326 e. The summed E-state index contributed by atoms with van der Waals surface area (Å²) in [5.74, 6) is -2.80. The Kier molecular flexibility index (Phi) is 8.47. The van der Waals surface area contributed by atoms with Gasteiger partial charge in [0, 0.05) is 0 Å². The second kappa shape index (κ2) is 9.88. The van der Waals surface area contributed by atoms with Crippen LogP contribution in [0.25, 0.3) is 0 Å². The van der Waals surface area contributed by atoms with Crippen molar-refractivity contribution in [1.82, 2.24) is 5.32 Å². The van der Waals surface area contributed by atoms with Gasteiger partial charge in [0.25, 0.3) is 0 Å². The zero-order valence-electron chi connectivity index (χ0n) is 16.6. The second-order valence-corrected chi connectivity index (χ2v) is 10.6. The fourth-order valence-electron chi connectivity index (χ4n) is 2.60. The first kappa shape index (κ1) is 23.1. The van der Waals surface area contributed by atoms with Crippen LogP contribution in [0.5, 0.6) is 0 Å². The van der Waals surface area contributed by atoms with Crippen LogP contribution >= 0.6 is 0 Å². The quantitative estimate of drug-likeness (QED) is 0.632. The molecule has 0 aromatic heterocycles. The molecule has 0 radical (unpaired) electrons. The maximum absolute atomic E-state index is 12.8. The minimum absolute atomic E-state index is 0.238. The molecule has 6 nitrogen and oxygen atoms in total. The molecule has 0 heterocycles. The highest BCUT2D eigenvalue weighted by atomic mass is 32.2. The first-order valence-corrected chi connectivity index (χ1v) is 10.9. The van der Waals surface area contributed by atoms with Gasteiger partial charge in [0.05, 0.1) is 16.4 Å². The Balaban J connectivity index is 3.05. The number of carboxylic acid groups (broad SMARTS) is 1. The number of benzene rings is 1. The summed E-state index contributed by atoms with van der Waals surface area (Å²) in [6.07, 6.45) is 2.04. The van der Waals surface area contributed by atoms with Gasteiger partial charge in [0.2, 0.25) is 5.91 Å². The second-order valence-electron chi connectivity index (χ2n) is 7.82. The lowest BCUT2D eigenvalue weighted by molar-refractivity contribution is -0.142. The fraction of sp³-hybridized carbons (Fsp3) is 0.600. The zero-order valence-corrected chi connectivity index (χ0v) is 17.4. The Morgan fingerprint density at radius 2 is 1.74 bits per heavy atom. The smallest absolute Gasteiger partial charge is 0.326 e. The Morgan fingerprint density at radius 1 is 1.15 bits per heavy atom. The number of carboxylic acids is 1. The molecule has 1 aromatic rings. The number of sulfone groups is 1. The summed E-state index contributed by atoms with van der Waals surface area (Å²) < 4.78 is 24.3. The molecule has 2 atom stereocenters. The van der Waals surface area contributed by atoms with Crippen LogP contribution in [0.4, 0.5) is 0 Å². The van der Waals surface area contributed by atoms with Crippen molar-refractivity contribution in [3.63, 3.8) is 0 Å². The van der Waals surface area contributed by atoms with E-state index in [0.29, 0.717) is 12.8 Å². The van der Waals surface area contributed by atoms with E-state index in [-0.39, 0.29) is 12.2 Å². The van der Waals surface area contributed by atoms with Crippen molar-refractivity contribution in [2.45, 2.75) is 64.2 Å². The fourth-order valence-corrected chi connectivity index (χ4v) is 3.89. The number of carbonyl (C=O) groups excluding carboxylic acids is 1. The molecule has 0 fully saturated rings. The number of hydrogen-bond donors (Lipinski definition) is 2. The van der Waals surface area contributed by atoms with E-state index in [9.17, 15) is 23.1 Å². The Hall–Kier alpha value is -1.89.